The van der Waals surface area contributed by atoms with E-state index in [1.54, 1.807) is 6.26 Å². The maximum atomic E-state index is 5.61. The second-order valence-corrected chi connectivity index (χ2v) is 3.76. The Morgan fingerprint density at radius 3 is 2.82 bits per heavy atom. The van der Waals surface area contributed by atoms with Gasteiger partial charge in [0.2, 0.25) is 0 Å². The second kappa shape index (κ2) is 4.34. The van der Waals surface area contributed by atoms with E-state index >= 15 is 0 Å². The van der Waals surface area contributed by atoms with Crippen LogP contribution in [-0.4, -0.2) is 0 Å². The highest BCUT2D eigenvalue weighted by molar-refractivity contribution is 5.83. The van der Waals surface area contributed by atoms with Crippen molar-refractivity contribution in [3.05, 3.63) is 66.6 Å². The lowest BCUT2D eigenvalue weighted by atomic mass is 10.2. The molecule has 0 saturated carbocycles. The highest BCUT2D eigenvalue weighted by atomic mass is 16.5. The van der Waals surface area contributed by atoms with Crippen molar-refractivity contribution in [2.45, 2.75) is 6.61 Å². The van der Waals surface area contributed by atoms with Crippen molar-refractivity contribution in [2.75, 3.05) is 0 Å². The predicted octanol–water partition coefficient (Wildman–Crippen LogP) is 3.81. The zero-order chi connectivity index (χ0) is 11.5. The summed E-state index contributed by atoms with van der Waals surface area (Å²) in [5, 5.41) is 2.20. The van der Waals surface area contributed by atoms with E-state index in [4.69, 9.17) is 9.15 Å². The van der Waals surface area contributed by atoms with Crippen LogP contribution < -0.4 is 4.74 Å². The molecule has 0 atom stereocenters. The van der Waals surface area contributed by atoms with Gasteiger partial charge in [0, 0.05) is 16.8 Å². The van der Waals surface area contributed by atoms with Gasteiger partial charge in [0.25, 0.3) is 0 Å². The fourth-order valence-corrected chi connectivity index (χ4v) is 1.77. The molecule has 3 rings (SSSR count). The van der Waals surface area contributed by atoms with Crippen molar-refractivity contribution >= 4 is 10.8 Å². The van der Waals surface area contributed by atoms with Crippen LogP contribution in [0.25, 0.3) is 10.8 Å². The molecule has 0 fully saturated rings. The molecular weight excluding hydrogens is 212 g/mol. The molecule has 83 valence electrons. The molecule has 1 radical (unpaired) electrons. The van der Waals surface area contributed by atoms with Gasteiger partial charge in [-0.15, -0.1) is 0 Å². The molecule has 0 aliphatic rings. The number of benzene rings is 2. The molecule has 0 aliphatic carbocycles. The summed E-state index contributed by atoms with van der Waals surface area (Å²) < 4.78 is 11.1. The lowest BCUT2D eigenvalue weighted by Crippen LogP contribution is -1.93. The third-order valence-electron chi connectivity index (χ3n) is 2.63. The first-order chi connectivity index (χ1) is 8.43. The summed E-state index contributed by atoms with van der Waals surface area (Å²) in [6.07, 6.45) is 1.75. The van der Waals surface area contributed by atoms with Gasteiger partial charge < -0.3 is 9.15 Å². The molecule has 2 aromatic carbocycles. The molecule has 0 N–H and O–H groups in total. The number of hydrogen-bond donors (Lipinski definition) is 0. The maximum absolute atomic E-state index is 5.61. The van der Waals surface area contributed by atoms with E-state index < -0.39 is 0 Å². The molecule has 0 aliphatic heterocycles. The van der Waals surface area contributed by atoms with E-state index in [-0.39, 0.29) is 0 Å². The summed E-state index contributed by atoms with van der Waals surface area (Å²) in [5.41, 5.74) is 0. The highest BCUT2D eigenvalue weighted by Crippen LogP contribution is 2.22. The molecule has 0 bridgehead atoms. The van der Waals surface area contributed by atoms with Gasteiger partial charge in [0.1, 0.15) is 18.1 Å². The van der Waals surface area contributed by atoms with Crippen LogP contribution in [0.2, 0.25) is 0 Å². The Bertz CT molecular complexity index is 611. The van der Waals surface area contributed by atoms with Crippen LogP contribution in [0.1, 0.15) is 5.76 Å². The topological polar surface area (TPSA) is 22.4 Å². The molecule has 17 heavy (non-hydrogen) atoms. The summed E-state index contributed by atoms with van der Waals surface area (Å²) in [7, 11) is 0. The van der Waals surface area contributed by atoms with Crippen LogP contribution in [0.5, 0.6) is 5.75 Å². The number of para-hydroxylation sites is 1. The minimum Gasteiger partial charge on any atom is -0.485 e. The summed E-state index contributed by atoms with van der Waals surface area (Å²) >= 11 is 0. The summed E-state index contributed by atoms with van der Waals surface area (Å²) in [5.74, 6) is 1.57. The monoisotopic (exact) mass is 223 g/mol. The highest BCUT2D eigenvalue weighted by Gasteiger charge is 2.05. The summed E-state index contributed by atoms with van der Waals surface area (Å²) in [6, 6.07) is 18.6. The summed E-state index contributed by atoms with van der Waals surface area (Å²) in [4.78, 5) is 0. The smallest absolute Gasteiger partial charge is 0.149 e. The molecule has 0 saturated heterocycles. The van der Waals surface area contributed by atoms with E-state index in [0.717, 1.165) is 22.3 Å². The first-order valence-corrected chi connectivity index (χ1v) is 5.48. The van der Waals surface area contributed by atoms with E-state index in [9.17, 15) is 0 Å². The summed E-state index contributed by atoms with van der Waals surface area (Å²) in [6.45, 7) is 0.425. The Morgan fingerprint density at radius 1 is 1.06 bits per heavy atom. The Hall–Kier alpha value is -2.22. The van der Waals surface area contributed by atoms with Gasteiger partial charge in [-0.25, -0.2) is 0 Å². The number of rotatable bonds is 3. The van der Waals surface area contributed by atoms with Crippen molar-refractivity contribution in [3.8, 4) is 5.75 Å². The van der Waals surface area contributed by atoms with Crippen LogP contribution in [0.3, 0.4) is 0 Å². The number of hydrogen-bond acceptors (Lipinski definition) is 2. The van der Waals surface area contributed by atoms with Crippen molar-refractivity contribution in [2.24, 2.45) is 0 Å². The quantitative estimate of drug-likeness (QED) is 0.673. The molecule has 2 heteroatoms. The lowest BCUT2D eigenvalue weighted by molar-refractivity contribution is 0.272. The Labute approximate surface area is 99.4 Å². The van der Waals surface area contributed by atoms with Gasteiger partial charge in [-0.1, -0.05) is 42.5 Å². The van der Waals surface area contributed by atoms with Gasteiger partial charge in [0.15, 0.2) is 0 Å². The molecule has 0 spiro atoms. The van der Waals surface area contributed by atoms with Crippen molar-refractivity contribution < 1.29 is 9.15 Å². The SMILES string of the molecule is [c]1ccccc1OCc1occ2ccccc12. The fourth-order valence-electron chi connectivity index (χ4n) is 1.77. The van der Waals surface area contributed by atoms with Crippen molar-refractivity contribution in [1.29, 1.82) is 0 Å². The number of furan rings is 1. The standard InChI is InChI=1S/C15H11O2/c1-2-7-13(8-3-1)16-11-15-14-9-5-4-6-12(14)10-17-15/h1-7,9-10H,11H2. The largest absolute Gasteiger partial charge is 0.485 e. The molecule has 1 heterocycles. The molecule has 1 aromatic heterocycles. The van der Waals surface area contributed by atoms with Gasteiger partial charge in [-0.05, 0) is 6.07 Å². The van der Waals surface area contributed by atoms with E-state index in [2.05, 4.69) is 6.07 Å². The Morgan fingerprint density at radius 2 is 1.94 bits per heavy atom. The van der Waals surface area contributed by atoms with E-state index in [0.29, 0.717) is 6.61 Å². The molecule has 0 amide bonds. The first kappa shape index (κ1) is 9.97. The molecule has 2 nitrogen and oxygen atoms in total. The third kappa shape index (κ3) is 2.02. The average Bonchev–Trinajstić information content (AvgIpc) is 2.81. The normalized spacial score (nSPS) is 10.6. The van der Waals surface area contributed by atoms with Crippen LogP contribution in [0, 0.1) is 6.07 Å². The van der Waals surface area contributed by atoms with Crippen molar-refractivity contribution in [1.82, 2.24) is 0 Å². The van der Waals surface area contributed by atoms with E-state index in [1.807, 2.05) is 48.5 Å². The minimum absolute atomic E-state index is 0.425. The van der Waals surface area contributed by atoms with Crippen LogP contribution in [0.15, 0.2) is 59.2 Å². The fraction of sp³-hybridized carbons (Fsp3) is 0.0667. The third-order valence-corrected chi connectivity index (χ3v) is 2.63. The van der Waals surface area contributed by atoms with Crippen LogP contribution >= 0.6 is 0 Å². The van der Waals surface area contributed by atoms with E-state index in [1.165, 1.54) is 0 Å². The van der Waals surface area contributed by atoms with Gasteiger partial charge in [-0.2, -0.15) is 0 Å². The number of fused-ring (bicyclic) bond motifs is 1. The molecular formula is C15H11O2. The second-order valence-electron chi connectivity index (χ2n) is 3.76. The van der Waals surface area contributed by atoms with Crippen molar-refractivity contribution in [3.63, 3.8) is 0 Å². The predicted molar refractivity (Wildman–Crippen MR) is 65.8 cm³/mol. The zero-order valence-electron chi connectivity index (χ0n) is 9.22. The number of ether oxygens (including phenoxy) is 1. The van der Waals surface area contributed by atoms with Gasteiger partial charge in [0.05, 0.1) is 6.26 Å². The van der Waals surface area contributed by atoms with Crippen LogP contribution in [0.4, 0.5) is 0 Å². The Kier molecular flexibility index (Phi) is 2.54. The van der Waals surface area contributed by atoms with Gasteiger partial charge in [-0.3, -0.25) is 0 Å². The molecule has 0 unspecified atom stereocenters. The zero-order valence-corrected chi connectivity index (χ0v) is 9.22. The lowest BCUT2D eigenvalue weighted by Gasteiger charge is -2.03. The van der Waals surface area contributed by atoms with Gasteiger partial charge >= 0.3 is 0 Å². The average molecular weight is 223 g/mol. The maximum Gasteiger partial charge on any atom is 0.149 e. The molecule has 3 aromatic rings. The van der Waals surface area contributed by atoms with Crippen LogP contribution in [-0.2, 0) is 6.61 Å². The first-order valence-electron chi connectivity index (χ1n) is 5.48. The minimum atomic E-state index is 0.425. The Balaban J connectivity index is 1.82.